The highest BCUT2D eigenvalue weighted by Gasteiger charge is 2.17. The highest BCUT2D eigenvalue weighted by atomic mass is 32.2. The number of nitrogens with one attached hydrogen (secondary N) is 1. The molecule has 0 aliphatic heterocycles. The van der Waals surface area contributed by atoms with Gasteiger partial charge in [-0.1, -0.05) is 11.8 Å². The third kappa shape index (κ3) is 3.54. The van der Waals surface area contributed by atoms with Crippen LogP contribution in [0.3, 0.4) is 0 Å². The van der Waals surface area contributed by atoms with Gasteiger partial charge in [-0.3, -0.25) is 4.79 Å². The molecule has 2 rings (SSSR count). The summed E-state index contributed by atoms with van der Waals surface area (Å²) in [6.07, 6.45) is 1.58. The number of nitrogens with zero attached hydrogens (tertiary/aromatic N) is 3. The Labute approximate surface area is 114 Å². The maximum absolute atomic E-state index is 12.7. The van der Waals surface area contributed by atoms with E-state index in [1.807, 2.05) is 7.05 Å². The van der Waals surface area contributed by atoms with Crippen molar-refractivity contribution in [2.75, 3.05) is 5.32 Å². The Kier molecular flexibility index (Phi) is 4.16. The maximum Gasteiger partial charge on any atom is 0.237 e. The second kappa shape index (κ2) is 5.83. The molecule has 0 spiro atoms. The number of rotatable bonds is 4. The van der Waals surface area contributed by atoms with Crippen molar-refractivity contribution in [3.05, 3.63) is 36.4 Å². The zero-order chi connectivity index (χ0) is 13.8. The van der Waals surface area contributed by atoms with Gasteiger partial charge in [-0.15, -0.1) is 10.2 Å². The lowest BCUT2D eigenvalue weighted by Gasteiger charge is -2.11. The normalized spacial score (nSPS) is 12.2. The van der Waals surface area contributed by atoms with Crippen molar-refractivity contribution < 1.29 is 9.18 Å². The van der Waals surface area contributed by atoms with Gasteiger partial charge in [0.1, 0.15) is 12.1 Å². The monoisotopic (exact) mass is 280 g/mol. The molecule has 100 valence electrons. The third-order valence-electron chi connectivity index (χ3n) is 2.43. The first kappa shape index (κ1) is 13.5. The van der Waals surface area contributed by atoms with E-state index < -0.39 is 0 Å². The predicted octanol–water partition coefficient (Wildman–Crippen LogP) is 2.07. The smallest absolute Gasteiger partial charge is 0.237 e. The SMILES string of the molecule is C[C@@H](Sc1nncn1C)C(=O)Nc1ccc(F)cc1. The first-order chi connectivity index (χ1) is 9.06. The highest BCUT2D eigenvalue weighted by molar-refractivity contribution is 8.00. The number of halogens is 1. The van der Waals surface area contributed by atoms with Crippen LogP contribution in [-0.4, -0.2) is 25.9 Å². The van der Waals surface area contributed by atoms with Crippen LogP contribution in [0.25, 0.3) is 0 Å². The van der Waals surface area contributed by atoms with Gasteiger partial charge in [-0.25, -0.2) is 4.39 Å². The van der Waals surface area contributed by atoms with Crippen LogP contribution in [0.15, 0.2) is 35.7 Å². The van der Waals surface area contributed by atoms with Gasteiger partial charge in [0.25, 0.3) is 0 Å². The van der Waals surface area contributed by atoms with E-state index in [4.69, 9.17) is 0 Å². The molecule has 1 N–H and O–H groups in total. The predicted molar refractivity (Wildman–Crippen MR) is 71.4 cm³/mol. The minimum atomic E-state index is -0.334. The van der Waals surface area contributed by atoms with E-state index in [9.17, 15) is 9.18 Å². The lowest BCUT2D eigenvalue weighted by Crippen LogP contribution is -2.22. The molecule has 0 aliphatic rings. The fourth-order valence-corrected chi connectivity index (χ4v) is 2.16. The minimum absolute atomic E-state index is 0.167. The number of aromatic nitrogens is 3. The van der Waals surface area contributed by atoms with Gasteiger partial charge in [0.2, 0.25) is 5.91 Å². The fourth-order valence-electron chi connectivity index (χ4n) is 1.37. The first-order valence-electron chi connectivity index (χ1n) is 5.63. The largest absolute Gasteiger partial charge is 0.325 e. The summed E-state index contributed by atoms with van der Waals surface area (Å²) in [6.45, 7) is 1.78. The Morgan fingerprint density at radius 3 is 2.68 bits per heavy atom. The molecular weight excluding hydrogens is 267 g/mol. The van der Waals surface area contributed by atoms with Crippen LogP contribution in [0, 0.1) is 5.82 Å². The van der Waals surface area contributed by atoms with E-state index in [1.54, 1.807) is 17.8 Å². The number of hydrogen-bond donors (Lipinski definition) is 1. The number of amides is 1. The van der Waals surface area contributed by atoms with Crippen LogP contribution in [0.2, 0.25) is 0 Å². The quantitative estimate of drug-likeness (QED) is 0.871. The Morgan fingerprint density at radius 2 is 2.11 bits per heavy atom. The van der Waals surface area contributed by atoms with Gasteiger partial charge in [-0.2, -0.15) is 0 Å². The summed E-state index contributed by atoms with van der Waals surface area (Å²) in [7, 11) is 1.81. The van der Waals surface area contributed by atoms with Crippen molar-refractivity contribution in [1.82, 2.24) is 14.8 Å². The summed E-state index contributed by atoms with van der Waals surface area (Å²) in [4.78, 5) is 12.0. The van der Waals surface area contributed by atoms with Crippen molar-refractivity contribution >= 4 is 23.4 Å². The summed E-state index contributed by atoms with van der Waals surface area (Å²) < 4.78 is 14.5. The van der Waals surface area contributed by atoms with Gasteiger partial charge in [-0.05, 0) is 31.2 Å². The van der Waals surface area contributed by atoms with E-state index in [2.05, 4.69) is 15.5 Å². The molecule has 2 aromatic rings. The molecule has 0 bridgehead atoms. The number of aryl methyl sites for hydroxylation is 1. The average molecular weight is 280 g/mol. The number of carbonyl (C=O) groups is 1. The first-order valence-corrected chi connectivity index (χ1v) is 6.51. The van der Waals surface area contributed by atoms with Crippen LogP contribution < -0.4 is 5.32 Å². The zero-order valence-corrected chi connectivity index (χ0v) is 11.3. The third-order valence-corrected chi connectivity index (χ3v) is 3.58. The van der Waals surface area contributed by atoms with Crippen molar-refractivity contribution in [3.63, 3.8) is 0 Å². The number of hydrogen-bond acceptors (Lipinski definition) is 4. The van der Waals surface area contributed by atoms with Crippen LogP contribution in [-0.2, 0) is 11.8 Å². The highest BCUT2D eigenvalue weighted by Crippen LogP contribution is 2.21. The molecule has 1 heterocycles. The Morgan fingerprint density at radius 1 is 1.42 bits per heavy atom. The van der Waals surface area contributed by atoms with Crippen molar-refractivity contribution in [3.8, 4) is 0 Å². The fraction of sp³-hybridized carbons (Fsp3) is 0.250. The molecule has 1 aromatic heterocycles. The van der Waals surface area contributed by atoms with Gasteiger partial charge in [0.05, 0.1) is 5.25 Å². The van der Waals surface area contributed by atoms with Crippen LogP contribution in [0.5, 0.6) is 0 Å². The van der Waals surface area contributed by atoms with Crippen LogP contribution in [0.4, 0.5) is 10.1 Å². The number of benzene rings is 1. The van der Waals surface area contributed by atoms with Gasteiger partial charge in [0.15, 0.2) is 5.16 Å². The van der Waals surface area contributed by atoms with Crippen molar-refractivity contribution in [1.29, 1.82) is 0 Å². The second-order valence-electron chi connectivity index (χ2n) is 3.98. The molecule has 0 fully saturated rings. The topological polar surface area (TPSA) is 59.8 Å². The molecule has 5 nitrogen and oxygen atoms in total. The molecule has 1 amide bonds. The average Bonchev–Trinajstić information content (AvgIpc) is 2.78. The van der Waals surface area contributed by atoms with Gasteiger partial charge >= 0.3 is 0 Å². The van der Waals surface area contributed by atoms with E-state index in [1.165, 1.54) is 36.0 Å². The van der Waals surface area contributed by atoms with Crippen molar-refractivity contribution in [2.45, 2.75) is 17.3 Å². The number of carbonyl (C=O) groups excluding carboxylic acids is 1. The molecule has 0 unspecified atom stereocenters. The molecule has 1 atom stereocenters. The molecule has 19 heavy (non-hydrogen) atoms. The van der Waals surface area contributed by atoms with Crippen LogP contribution in [0.1, 0.15) is 6.92 Å². The minimum Gasteiger partial charge on any atom is -0.325 e. The molecular formula is C12H13FN4OS. The van der Waals surface area contributed by atoms with Crippen LogP contribution >= 0.6 is 11.8 Å². The molecule has 1 aromatic carbocycles. The molecule has 0 saturated heterocycles. The number of anilines is 1. The summed E-state index contributed by atoms with van der Waals surface area (Å²) >= 11 is 1.31. The van der Waals surface area contributed by atoms with E-state index in [0.717, 1.165) is 0 Å². The summed E-state index contributed by atoms with van der Waals surface area (Å²) in [5.41, 5.74) is 0.566. The molecule has 0 aliphatic carbocycles. The maximum atomic E-state index is 12.7. The van der Waals surface area contributed by atoms with Gasteiger partial charge in [0, 0.05) is 12.7 Å². The molecule has 0 saturated carbocycles. The summed E-state index contributed by atoms with van der Waals surface area (Å²) in [6, 6.07) is 5.64. The van der Waals surface area contributed by atoms with Crippen molar-refractivity contribution in [2.24, 2.45) is 7.05 Å². The lowest BCUT2D eigenvalue weighted by molar-refractivity contribution is -0.115. The van der Waals surface area contributed by atoms with E-state index in [0.29, 0.717) is 10.8 Å². The standard InChI is InChI=1S/C12H13FN4OS/c1-8(19-12-16-14-7-17(12)2)11(18)15-10-5-3-9(13)4-6-10/h3-8H,1-2H3,(H,15,18)/t8-/m1/s1. The number of thioether (sulfide) groups is 1. The zero-order valence-electron chi connectivity index (χ0n) is 10.5. The second-order valence-corrected chi connectivity index (χ2v) is 5.29. The van der Waals surface area contributed by atoms with E-state index >= 15 is 0 Å². The van der Waals surface area contributed by atoms with E-state index in [-0.39, 0.29) is 17.0 Å². The lowest BCUT2D eigenvalue weighted by atomic mass is 10.3. The van der Waals surface area contributed by atoms with Gasteiger partial charge < -0.3 is 9.88 Å². The molecule has 0 radical (unpaired) electrons. The Balaban J connectivity index is 1.96. The molecule has 7 heteroatoms. The Hall–Kier alpha value is -1.89. The summed E-state index contributed by atoms with van der Waals surface area (Å²) in [5.74, 6) is -0.501. The summed E-state index contributed by atoms with van der Waals surface area (Å²) in [5, 5.41) is 10.7. The Bertz CT molecular complexity index is 569.